The number of rotatable bonds is 9. The van der Waals surface area contributed by atoms with Gasteiger partial charge in [0.15, 0.2) is 0 Å². The van der Waals surface area contributed by atoms with E-state index in [0.29, 0.717) is 19.3 Å². The van der Waals surface area contributed by atoms with Crippen molar-refractivity contribution in [1.82, 2.24) is 24.6 Å². The fourth-order valence-electron chi connectivity index (χ4n) is 5.41. The molecule has 0 amide bonds. The molecule has 4 aromatic rings. The first-order valence-corrected chi connectivity index (χ1v) is 14.4. The second-order valence-corrected chi connectivity index (χ2v) is 12.0. The Morgan fingerprint density at radius 3 is 2.79 bits per heavy atom. The van der Waals surface area contributed by atoms with Crippen molar-refractivity contribution in [2.75, 3.05) is 25.0 Å². The molecule has 8 nitrogen and oxygen atoms in total. The minimum Gasteiger partial charge on any atom is -0.494 e. The van der Waals surface area contributed by atoms with Crippen LogP contribution in [0.25, 0.3) is 10.2 Å². The van der Waals surface area contributed by atoms with Gasteiger partial charge in [-0.3, -0.25) is 9.58 Å². The third kappa shape index (κ3) is 5.85. The largest absolute Gasteiger partial charge is 0.494 e. The highest BCUT2D eigenvalue weighted by atomic mass is 32.1. The Kier molecular flexibility index (Phi) is 7.32. The van der Waals surface area contributed by atoms with Crippen molar-refractivity contribution in [3.63, 3.8) is 0 Å². The number of anilines is 1. The maximum atomic E-state index is 6.04. The summed E-state index contributed by atoms with van der Waals surface area (Å²) in [4.78, 5) is 14.2. The molecule has 2 aliphatic heterocycles. The number of hydrogen-bond acceptors (Lipinski definition) is 8. The van der Waals surface area contributed by atoms with E-state index in [-0.39, 0.29) is 5.60 Å². The predicted molar refractivity (Wildman–Crippen MR) is 151 cm³/mol. The molecule has 1 aromatic carbocycles. The average Bonchev–Trinajstić information content (AvgIpc) is 3.56. The van der Waals surface area contributed by atoms with Crippen LogP contribution in [0.1, 0.15) is 49.1 Å². The van der Waals surface area contributed by atoms with Crippen molar-refractivity contribution < 1.29 is 9.47 Å². The van der Waals surface area contributed by atoms with Gasteiger partial charge in [-0.05, 0) is 56.0 Å². The van der Waals surface area contributed by atoms with Crippen molar-refractivity contribution in [3.05, 3.63) is 65.1 Å². The highest BCUT2D eigenvalue weighted by molar-refractivity contribution is 7.18. The average molecular weight is 533 g/mol. The predicted octanol–water partition coefficient (Wildman–Crippen LogP) is 5.28. The quantitative estimate of drug-likeness (QED) is 0.294. The Hall–Kier alpha value is -3.01. The molecule has 0 unspecified atom stereocenters. The van der Waals surface area contributed by atoms with Crippen LogP contribution < -0.4 is 10.1 Å². The topological polar surface area (TPSA) is 77.3 Å². The van der Waals surface area contributed by atoms with E-state index >= 15 is 0 Å². The van der Waals surface area contributed by atoms with E-state index in [2.05, 4.69) is 63.4 Å². The monoisotopic (exact) mass is 532 g/mol. The van der Waals surface area contributed by atoms with E-state index in [9.17, 15) is 0 Å². The molecule has 0 bridgehead atoms. The zero-order valence-corrected chi connectivity index (χ0v) is 23.0. The van der Waals surface area contributed by atoms with Crippen LogP contribution in [0.2, 0.25) is 0 Å². The fourth-order valence-corrected chi connectivity index (χ4v) is 6.48. The summed E-state index contributed by atoms with van der Waals surface area (Å²) in [5.41, 5.74) is 2.55. The van der Waals surface area contributed by atoms with Gasteiger partial charge >= 0.3 is 0 Å². The van der Waals surface area contributed by atoms with Gasteiger partial charge in [-0.25, -0.2) is 9.97 Å². The van der Waals surface area contributed by atoms with Gasteiger partial charge in [0.1, 0.15) is 22.7 Å². The van der Waals surface area contributed by atoms with E-state index in [1.54, 1.807) is 23.9 Å². The van der Waals surface area contributed by atoms with Crippen LogP contribution in [0.5, 0.6) is 5.75 Å². The highest BCUT2D eigenvalue weighted by Gasteiger charge is 2.31. The summed E-state index contributed by atoms with van der Waals surface area (Å²) in [7, 11) is 0. The molecule has 0 radical (unpaired) electrons. The normalized spacial score (nSPS) is 17.9. The lowest BCUT2D eigenvalue weighted by Gasteiger charge is -2.33. The van der Waals surface area contributed by atoms with E-state index in [1.807, 2.05) is 16.9 Å². The lowest BCUT2D eigenvalue weighted by molar-refractivity contribution is -0.0379. The molecule has 5 heterocycles. The number of piperidine rings is 1. The Labute approximate surface area is 228 Å². The number of hydrogen-bond donors (Lipinski definition) is 1. The molecular formula is C29H36N6O2S. The summed E-state index contributed by atoms with van der Waals surface area (Å²) in [5.74, 6) is 1.92. The number of nitrogens with zero attached hydrogens (tertiary/aromatic N) is 5. The van der Waals surface area contributed by atoms with E-state index < -0.39 is 0 Å². The Bertz CT molecular complexity index is 1340. The van der Waals surface area contributed by atoms with Crippen LogP contribution in [0.15, 0.2) is 49.1 Å². The maximum absolute atomic E-state index is 6.04. The van der Waals surface area contributed by atoms with Gasteiger partial charge in [0, 0.05) is 62.3 Å². The van der Waals surface area contributed by atoms with Crippen molar-refractivity contribution in [1.29, 1.82) is 0 Å². The summed E-state index contributed by atoms with van der Waals surface area (Å²) < 4.78 is 13.9. The first-order valence-electron chi connectivity index (χ1n) is 13.6. The molecule has 3 aromatic heterocycles. The third-order valence-electron chi connectivity index (χ3n) is 7.48. The molecule has 0 saturated carbocycles. The number of benzene rings is 1. The van der Waals surface area contributed by atoms with Gasteiger partial charge in [-0.1, -0.05) is 12.1 Å². The van der Waals surface area contributed by atoms with Crippen LogP contribution in [0.4, 0.5) is 5.82 Å². The summed E-state index contributed by atoms with van der Waals surface area (Å²) >= 11 is 1.75. The number of aromatic nitrogens is 4. The molecule has 2 aliphatic rings. The Morgan fingerprint density at radius 2 is 2.00 bits per heavy atom. The van der Waals surface area contributed by atoms with Crippen LogP contribution in [0.3, 0.4) is 0 Å². The van der Waals surface area contributed by atoms with Crippen molar-refractivity contribution >= 4 is 27.4 Å². The first kappa shape index (κ1) is 25.3. The molecule has 6 rings (SSSR count). The van der Waals surface area contributed by atoms with E-state index in [1.165, 1.54) is 21.4 Å². The Morgan fingerprint density at radius 1 is 1.16 bits per heavy atom. The molecule has 200 valence electrons. The van der Waals surface area contributed by atoms with Crippen LogP contribution in [-0.4, -0.2) is 56.0 Å². The molecule has 0 aliphatic carbocycles. The van der Waals surface area contributed by atoms with E-state index in [4.69, 9.17) is 9.47 Å². The number of aryl methyl sites for hydroxylation is 1. The zero-order valence-electron chi connectivity index (χ0n) is 22.2. The molecule has 1 N–H and O–H groups in total. The van der Waals surface area contributed by atoms with Gasteiger partial charge < -0.3 is 14.8 Å². The van der Waals surface area contributed by atoms with Gasteiger partial charge in [0.05, 0.1) is 24.2 Å². The van der Waals surface area contributed by atoms with Crippen molar-refractivity contribution in [2.45, 2.75) is 70.9 Å². The van der Waals surface area contributed by atoms with Gasteiger partial charge in [-0.15, -0.1) is 11.3 Å². The van der Waals surface area contributed by atoms with Crippen molar-refractivity contribution in [3.8, 4) is 5.75 Å². The van der Waals surface area contributed by atoms with Crippen LogP contribution in [-0.2, 0) is 30.9 Å². The molecule has 0 spiro atoms. The van der Waals surface area contributed by atoms with Crippen LogP contribution >= 0.6 is 11.3 Å². The fraction of sp³-hybridized carbons (Fsp3) is 0.483. The number of thiophene rings is 1. The van der Waals surface area contributed by atoms with E-state index in [0.717, 1.165) is 68.3 Å². The molecule has 0 atom stereocenters. The lowest BCUT2D eigenvalue weighted by Crippen LogP contribution is -2.38. The van der Waals surface area contributed by atoms with Crippen LogP contribution in [0, 0.1) is 0 Å². The minimum absolute atomic E-state index is 0.148. The smallest absolute Gasteiger partial charge is 0.138 e. The number of ether oxygens (including phenoxy) is 2. The molecule has 9 heteroatoms. The molecule has 38 heavy (non-hydrogen) atoms. The molecule has 1 fully saturated rings. The summed E-state index contributed by atoms with van der Waals surface area (Å²) in [6, 6.07) is 10.9. The lowest BCUT2D eigenvalue weighted by atomic mass is 9.94. The summed E-state index contributed by atoms with van der Waals surface area (Å²) in [6.45, 7) is 9.67. The highest BCUT2D eigenvalue weighted by Crippen LogP contribution is 2.40. The minimum atomic E-state index is -0.148. The second-order valence-electron chi connectivity index (χ2n) is 10.9. The maximum Gasteiger partial charge on any atom is 0.138 e. The summed E-state index contributed by atoms with van der Waals surface area (Å²) in [5, 5.41) is 9.21. The number of likely N-dealkylation sites (tertiary alicyclic amines) is 1. The summed E-state index contributed by atoms with van der Waals surface area (Å²) in [6.07, 6.45) is 9.52. The first-order chi connectivity index (χ1) is 18.5. The van der Waals surface area contributed by atoms with Gasteiger partial charge in [0.25, 0.3) is 0 Å². The van der Waals surface area contributed by atoms with Gasteiger partial charge in [0.2, 0.25) is 0 Å². The SMILES string of the molecule is CC1(C)Cc2c(sc3ncnc(NC4CCN(Cc5ccc(OCCCn6cccn6)cc5)CC4)c23)CO1. The zero-order chi connectivity index (χ0) is 26.0. The number of nitrogens with one attached hydrogen (secondary N) is 1. The number of fused-ring (bicyclic) bond motifs is 3. The van der Waals surface area contributed by atoms with Gasteiger partial charge in [-0.2, -0.15) is 5.10 Å². The van der Waals surface area contributed by atoms with Crippen molar-refractivity contribution in [2.24, 2.45) is 0 Å². The Balaban J connectivity index is 0.994. The third-order valence-corrected chi connectivity index (χ3v) is 8.60. The molecule has 1 saturated heterocycles. The standard InChI is InChI=1S/C29H36N6O2S/c1-29(2)17-24-25(19-37-29)38-28-26(24)27(30-20-31-28)33-22-9-14-34(15-10-22)18-21-5-7-23(8-6-21)36-16-4-13-35-12-3-11-32-35/h3,5-8,11-12,20,22H,4,9-10,13-19H2,1-2H3,(H,30,31,33). The molecular weight excluding hydrogens is 496 g/mol. The second kappa shape index (κ2) is 11.0.